The van der Waals surface area contributed by atoms with Crippen LogP contribution < -0.4 is 4.90 Å². The molecule has 20 heavy (non-hydrogen) atoms. The molecule has 1 amide bonds. The summed E-state index contributed by atoms with van der Waals surface area (Å²) < 4.78 is 0. The molecule has 0 saturated carbocycles. The number of rotatable bonds is 2. The Bertz CT molecular complexity index is 668. The third-order valence-electron chi connectivity index (χ3n) is 4.08. The minimum Gasteiger partial charge on any atom is -0.314 e. The maximum Gasteiger partial charge on any atom is 0.237 e. The number of benzene rings is 2. The molecule has 2 aromatic rings. The topological polar surface area (TPSA) is 20.3 Å². The van der Waals surface area contributed by atoms with E-state index >= 15 is 0 Å². The summed E-state index contributed by atoms with van der Waals surface area (Å²) in [5, 5.41) is 0.665. The van der Waals surface area contributed by atoms with Crippen LogP contribution in [0.5, 0.6) is 0 Å². The molecule has 0 saturated heterocycles. The maximum absolute atomic E-state index is 12.7. The lowest BCUT2D eigenvalue weighted by Gasteiger charge is -2.24. The second kappa shape index (κ2) is 4.64. The second-order valence-electron chi connectivity index (χ2n) is 5.49. The Labute approximate surface area is 124 Å². The standard InChI is InChI=1S/C17H16ClNO/c1-17(11-12-7-4-3-5-8-12)15-13(18)9-6-10-14(15)19(2)16(17)20/h3-10H,11H2,1-2H3. The molecule has 1 unspecified atom stereocenters. The monoisotopic (exact) mass is 285 g/mol. The van der Waals surface area contributed by atoms with Crippen molar-refractivity contribution >= 4 is 23.2 Å². The SMILES string of the molecule is CN1C(=O)C(C)(Cc2ccccc2)c2c(Cl)cccc21. The van der Waals surface area contributed by atoms with Gasteiger partial charge in [0.2, 0.25) is 5.91 Å². The summed E-state index contributed by atoms with van der Waals surface area (Å²) in [6.45, 7) is 1.98. The molecule has 2 nitrogen and oxygen atoms in total. The van der Waals surface area contributed by atoms with Gasteiger partial charge in [0.1, 0.15) is 0 Å². The van der Waals surface area contributed by atoms with Gasteiger partial charge in [0.05, 0.1) is 5.41 Å². The number of hydrogen-bond donors (Lipinski definition) is 0. The molecule has 0 spiro atoms. The predicted molar refractivity (Wildman–Crippen MR) is 82.4 cm³/mol. The normalized spacial score (nSPS) is 21.1. The van der Waals surface area contributed by atoms with Gasteiger partial charge in [-0.05, 0) is 31.0 Å². The molecular formula is C17H16ClNO. The predicted octanol–water partition coefficient (Wildman–Crippen LogP) is 3.82. The number of amides is 1. The molecule has 2 aromatic carbocycles. The van der Waals surface area contributed by atoms with Gasteiger partial charge in [0.25, 0.3) is 0 Å². The van der Waals surface area contributed by atoms with Gasteiger partial charge in [0, 0.05) is 23.3 Å². The fraction of sp³-hybridized carbons (Fsp3) is 0.235. The number of halogens is 1. The zero-order valence-corrected chi connectivity index (χ0v) is 12.3. The summed E-state index contributed by atoms with van der Waals surface area (Å²) >= 11 is 6.37. The number of anilines is 1. The Balaban J connectivity index is 2.12. The summed E-state index contributed by atoms with van der Waals surface area (Å²) in [7, 11) is 1.81. The van der Waals surface area contributed by atoms with Crippen LogP contribution in [0.2, 0.25) is 5.02 Å². The number of hydrogen-bond acceptors (Lipinski definition) is 1. The molecule has 0 aromatic heterocycles. The van der Waals surface area contributed by atoms with Gasteiger partial charge in [0.15, 0.2) is 0 Å². The van der Waals surface area contributed by atoms with Crippen molar-refractivity contribution in [1.29, 1.82) is 0 Å². The van der Waals surface area contributed by atoms with Crippen LogP contribution in [0.15, 0.2) is 48.5 Å². The van der Waals surface area contributed by atoms with Gasteiger partial charge >= 0.3 is 0 Å². The van der Waals surface area contributed by atoms with Crippen LogP contribution in [-0.4, -0.2) is 13.0 Å². The Morgan fingerprint density at radius 2 is 1.80 bits per heavy atom. The molecule has 0 bridgehead atoms. The van der Waals surface area contributed by atoms with Gasteiger partial charge in [-0.3, -0.25) is 4.79 Å². The van der Waals surface area contributed by atoms with Crippen molar-refractivity contribution in [3.8, 4) is 0 Å². The lowest BCUT2D eigenvalue weighted by atomic mass is 9.78. The Hall–Kier alpha value is -1.80. The fourth-order valence-electron chi connectivity index (χ4n) is 3.09. The number of carbonyl (C=O) groups excluding carboxylic acids is 1. The van der Waals surface area contributed by atoms with Gasteiger partial charge in [-0.1, -0.05) is 48.0 Å². The van der Waals surface area contributed by atoms with Crippen molar-refractivity contribution in [2.75, 3.05) is 11.9 Å². The lowest BCUT2D eigenvalue weighted by Crippen LogP contribution is -2.38. The van der Waals surface area contributed by atoms with Crippen molar-refractivity contribution in [2.45, 2.75) is 18.8 Å². The van der Waals surface area contributed by atoms with Crippen molar-refractivity contribution < 1.29 is 4.79 Å². The largest absolute Gasteiger partial charge is 0.314 e. The summed E-state index contributed by atoms with van der Waals surface area (Å²) in [6.07, 6.45) is 0.660. The molecule has 0 fully saturated rings. The first-order valence-electron chi connectivity index (χ1n) is 6.65. The minimum absolute atomic E-state index is 0.101. The van der Waals surface area contributed by atoms with Gasteiger partial charge in [-0.2, -0.15) is 0 Å². The summed E-state index contributed by atoms with van der Waals surface area (Å²) in [6, 6.07) is 15.8. The van der Waals surface area contributed by atoms with Gasteiger partial charge in [-0.25, -0.2) is 0 Å². The van der Waals surface area contributed by atoms with Crippen LogP contribution in [0, 0.1) is 0 Å². The second-order valence-corrected chi connectivity index (χ2v) is 5.90. The van der Waals surface area contributed by atoms with Crippen molar-refractivity contribution in [3.05, 3.63) is 64.7 Å². The van der Waals surface area contributed by atoms with E-state index in [9.17, 15) is 4.79 Å². The van der Waals surface area contributed by atoms with Crippen molar-refractivity contribution in [3.63, 3.8) is 0 Å². The lowest BCUT2D eigenvalue weighted by molar-refractivity contribution is -0.122. The first-order chi connectivity index (χ1) is 9.54. The molecular weight excluding hydrogens is 270 g/mol. The van der Waals surface area contributed by atoms with E-state index < -0.39 is 5.41 Å². The van der Waals surface area contributed by atoms with Crippen molar-refractivity contribution in [1.82, 2.24) is 0 Å². The van der Waals surface area contributed by atoms with Crippen LogP contribution >= 0.6 is 11.6 Å². The van der Waals surface area contributed by atoms with Gasteiger partial charge < -0.3 is 4.90 Å². The molecule has 3 heteroatoms. The maximum atomic E-state index is 12.7. The fourth-order valence-corrected chi connectivity index (χ4v) is 3.47. The van der Waals surface area contributed by atoms with Gasteiger partial charge in [-0.15, -0.1) is 0 Å². The third-order valence-corrected chi connectivity index (χ3v) is 4.40. The van der Waals surface area contributed by atoms with E-state index in [2.05, 4.69) is 0 Å². The van der Waals surface area contributed by atoms with E-state index in [1.54, 1.807) is 4.90 Å². The molecule has 102 valence electrons. The van der Waals surface area contributed by atoms with Crippen LogP contribution in [0.4, 0.5) is 5.69 Å². The first-order valence-corrected chi connectivity index (χ1v) is 7.03. The van der Waals surface area contributed by atoms with Crippen LogP contribution in [0.25, 0.3) is 0 Å². The quantitative estimate of drug-likeness (QED) is 0.821. The average Bonchev–Trinajstić information content (AvgIpc) is 2.63. The van der Waals surface area contributed by atoms with E-state index in [0.29, 0.717) is 11.4 Å². The zero-order valence-electron chi connectivity index (χ0n) is 11.6. The summed E-state index contributed by atoms with van der Waals surface area (Å²) in [4.78, 5) is 14.4. The van der Waals surface area contributed by atoms with E-state index in [1.807, 2.05) is 62.5 Å². The number of nitrogens with zero attached hydrogens (tertiary/aromatic N) is 1. The van der Waals surface area contributed by atoms with E-state index in [0.717, 1.165) is 16.8 Å². The average molecular weight is 286 g/mol. The van der Waals surface area contributed by atoms with Crippen molar-refractivity contribution in [2.24, 2.45) is 0 Å². The molecule has 1 atom stereocenters. The van der Waals surface area contributed by atoms with Crippen LogP contribution in [-0.2, 0) is 16.6 Å². The Morgan fingerprint density at radius 1 is 1.10 bits per heavy atom. The van der Waals surface area contributed by atoms with E-state index in [4.69, 9.17) is 11.6 Å². The highest BCUT2D eigenvalue weighted by atomic mass is 35.5. The molecule has 1 heterocycles. The van der Waals surface area contributed by atoms with E-state index in [1.165, 1.54) is 0 Å². The third kappa shape index (κ3) is 1.83. The number of carbonyl (C=O) groups is 1. The Morgan fingerprint density at radius 3 is 2.50 bits per heavy atom. The smallest absolute Gasteiger partial charge is 0.237 e. The summed E-state index contributed by atoms with van der Waals surface area (Å²) in [5.41, 5.74) is 2.41. The molecule has 0 aliphatic carbocycles. The number of likely N-dealkylation sites (N-methyl/N-ethyl adjacent to an activating group) is 1. The molecule has 1 aliphatic rings. The Kier molecular flexibility index (Phi) is 3.06. The molecule has 0 radical (unpaired) electrons. The molecule has 1 aliphatic heterocycles. The highest BCUT2D eigenvalue weighted by Gasteiger charge is 2.47. The van der Waals surface area contributed by atoms with Crippen LogP contribution in [0.3, 0.4) is 0 Å². The highest BCUT2D eigenvalue weighted by Crippen LogP contribution is 2.46. The van der Waals surface area contributed by atoms with E-state index in [-0.39, 0.29) is 5.91 Å². The zero-order chi connectivity index (χ0) is 14.3. The molecule has 0 N–H and O–H groups in total. The minimum atomic E-state index is -0.593. The first kappa shape index (κ1) is 13.2. The van der Waals surface area contributed by atoms with Crippen LogP contribution in [0.1, 0.15) is 18.1 Å². The number of fused-ring (bicyclic) bond motifs is 1. The molecule has 3 rings (SSSR count). The summed E-state index contributed by atoms with van der Waals surface area (Å²) in [5.74, 6) is 0.101. The highest BCUT2D eigenvalue weighted by molar-refractivity contribution is 6.33.